The molecule has 1 heterocycles. The Kier molecular flexibility index (Phi) is 9.94. The highest BCUT2D eigenvalue weighted by atomic mass is 16.7. The van der Waals surface area contributed by atoms with Crippen LogP contribution in [-0.2, 0) is 19.0 Å². The van der Waals surface area contributed by atoms with Crippen molar-refractivity contribution in [1.29, 1.82) is 0 Å². The predicted octanol–water partition coefficient (Wildman–Crippen LogP) is -1.24. The topological polar surface area (TPSA) is 138 Å². The second-order valence-electron chi connectivity index (χ2n) is 6.83. The number of carbonyl (C=O) groups excluding carboxylic acids is 1. The molecule has 154 valence electrons. The molecule has 1 rings (SSSR count). The Bertz CT molecular complexity index is 424. The van der Waals surface area contributed by atoms with Gasteiger partial charge < -0.3 is 40.0 Å². The summed E-state index contributed by atoms with van der Waals surface area (Å²) in [6.45, 7) is 6.07. The second kappa shape index (κ2) is 11.1. The minimum absolute atomic E-state index is 0.0757. The fraction of sp³-hybridized carbons (Fsp3) is 0.941. The molecule has 5 unspecified atom stereocenters. The van der Waals surface area contributed by atoms with Gasteiger partial charge in [0.15, 0.2) is 6.29 Å². The van der Waals surface area contributed by atoms with Gasteiger partial charge in [-0.3, -0.25) is 4.79 Å². The van der Waals surface area contributed by atoms with Crippen LogP contribution in [0.25, 0.3) is 0 Å². The first-order chi connectivity index (χ1) is 12.2. The van der Waals surface area contributed by atoms with Gasteiger partial charge in [0, 0.05) is 19.3 Å². The van der Waals surface area contributed by atoms with Gasteiger partial charge in [-0.25, -0.2) is 0 Å². The Labute approximate surface area is 154 Å². The van der Waals surface area contributed by atoms with E-state index in [2.05, 4.69) is 5.32 Å². The average molecular weight is 379 g/mol. The smallest absolute Gasteiger partial charge is 0.217 e. The summed E-state index contributed by atoms with van der Waals surface area (Å²) in [6, 6.07) is -0.758. The number of aliphatic hydroxyl groups excluding tert-OH is 4. The molecule has 0 radical (unpaired) electrons. The van der Waals surface area contributed by atoms with Crippen molar-refractivity contribution in [2.24, 2.45) is 5.92 Å². The standard InChI is InChI=1S/C17H33NO8/c1-9-14(22)7-13(8-20)26-17(9)25-11(3)16(23)15(18-12(4)21)10(2)24-6-5-19/h9-11,13-17,19-20,22-23H,5-8H2,1-4H3,(H,18,21)/t9?,10-,11+,13?,14?,15?,16?,17+/m0/s1. The third kappa shape index (κ3) is 6.73. The molecule has 26 heavy (non-hydrogen) atoms. The largest absolute Gasteiger partial charge is 0.394 e. The number of carbonyl (C=O) groups is 1. The lowest BCUT2D eigenvalue weighted by atomic mass is 9.95. The fourth-order valence-electron chi connectivity index (χ4n) is 2.95. The number of hydrogen-bond donors (Lipinski definition) is 5. The Morgan fingerprint density at radius 1 is 1.31 bits per heavy atom. The lowest BCUT2D eigenvalue weighted by molar-refractivity contribution is -0.273. The number of ether oxygens (including phenoxy) is 3. The van der Waals surface area contributed by atoms with Gasteiger partial charge in [-0.2, -0.15) is 0 Å². The highest BCUT2D eigenvalue weighted by Crippen LogP contribution is 2.27. The third-order valence-corrected chi connectivity index (χ3v) is 4.62. The van der Waals surface area contributed by atoms with E-state index in [0.717, 1.165) is 0 Å². The highest BCUT2D eigenvalue weighted by molar-refractivity contribution is 5.73. The summed E-state index contributed by atoms with van der Waals surface area (Å²) in [4.78, 5) is 11.5. The molecule has 0 saturated carbocycles. The van der Waals surface area contributed by atoms with Crippen LogP contribution in [0.2, 0.25) is 0 Å². The summed E-state index contributed by atoms with van der Waals surface area (Å²) in [5, 5.41) is 41.5. The SMILES string of the molecule is CC(=O)NC(C(O)[C@@H](C)O[C@@H]1OC(CO)CC(O)C1C)[C@H](C)OCCO. The number of rotatable bonds is 10. The lowest BCUT2D eigenvalue weighted by Crippen LogP contribution is -2.56. The molecule has 1 amide bonds. The van der Waals surface area contributed by atoms with Crippen LogP contribution in [0.5, 0.6) is 0 Å². The van der Waals surface area contributed by atoms with Crippen molar-refractivity contribution in [3.05, 3.63) is 0 Å². The van der Waals surface area contributed by atoms with Gasteiger partial charge in [0.1, 0.15) is 6.10 Å². The minimum Gasteiger partial charge on any atom is -0.394 e. The van der Waals surface area contributed by atoms with Crippen molar-refractivity contribution in [2.75, 3.05) is 19.8 Å². The molecule has 0 aliphatic carbocycles. The zero-order valence-electron chi connectivity index (χ0n) is 15.9. The van der Waals surface area contributed by atoms with Gasteiger partial charge in [-0.05, 0) is 13.8 Å². The molecule has 0 spiro atoms. The quantitative estimate of drug-likeness (QED) is 0.318. The van der Waals surface area contributed by atoms with Crippen LogP contribution < -0.4 is 5.32 Å². The summed E-state index contributed by atoms with van der Waals surface area (Å²) < 4.78 is 16.8. The van der Waals surface area contributed by atoms with Gasteiger partial charge in [-0.15, -0.1) is 0 Å². The zero-order chi connectivity index (χ0) is 19.9. The molecule has 1 fully saturated rings. The number of hydrogen-bond acceptors (Lipinski definition) is 8. The maximum Gasteiger partial charge on any atom is 0.217 e. The van der Waals surface area contributed by atoms with E-state index in [0.29, 0.717) is 6.42 Å². The van der Waals surface area contributed by atoms with Gasteiger partial charge in [0.05, 0.1) is 50.3 Å². The minimum atomic E-state index is -1.12. The molecule has 1 aliphatic heterocycles. The van der Waals surface area contributed by atoms with Crippen molar-refractivity contribution in [3.63, 3.8) is 0 Å². The molecule has 9 heteroatoms. The van der Waals surface area contributed by atoms with Crippen LogP contribution in [0.1, 0.15) is 34.1 Å². The molecule has 8 atom stereocenters. The molecule has 1 aliphatic rings. The van der Waals surface area contributed by atoms with Crippen LogP contribution in [0.4, 0.5) is 0 Å². The van der Waals surface area contributed by atoms with Crippen LogP contribution >= 0.6 is 0 Å². The fourth-order valence-corrected chi connectivity index (χ4v) is 2.95. The third-order valence-electron chi connectivity index (χ3n) is 4.62. The number of aliphatic hydroxyl groups is 4. The zero-order valence-corrected chi connectivity index (χ0v) is 15.9. The lowest BCUT2D eigenvalue weighted by Gasteiger charge is -2.40. The van der Waals surface area contributed by atoms with E-state index in [-0.39, 0.29) is 31.6 Å². The molecule has 0 aromatic rings. The van der Waals surface area contributed by atoms with Gasteiger partial charge in [-0.1, -0.05) is 6.92 Å². The van der Waals surface area contributed by atoms with Crippen LogP contribution in [-0.4, -0.2) is 89.0 Å². The Morgan fingerprint density at radius 3 is 2.50 bits per heavy atom. The van der Waals surface area contributed by atoms with Crippen molar-refractivity contribution in [3.8, 4) is 0 Å². The Morgan fingerprint density at radius 2 is 1.96 bits per heavy atom. The summed E-state index contributed by atoms with van der Waals surface area (Å²) in [5.41, 5.74) is 0. The van der Waals surface area contributed by atoms with Crippen molar-refractivity contribution in [1.82, 2.24) is 5.32 Å². The van der Waals surface area contributed by atoms with Gasteiger partial charge in [0.25, 0.3) is 0 Å². The first-order valence-corrected chi connectivity index (χ1v) is 8.98. The van der Waals surface area contributed by atoms with E-state index in [1.807, 2.05) is 0 Å². The number of nitrogens with one attached hydrogen (secondary N) is 1. The van der Waals surface area contributed by atoms with Gasteiger partial charge in [0.2, 0.25) is 5.91 Å². The Hall–Kier alpha value is -0.810. The van der Waals surface area contributed by atoms with Crippen LogP contribution in [0.3, 0.4) is 0 Å². The second-order valence-corrected chi connectivity index (χ2v) is 6.83. The molecule has 5 N–H and O–H groups in total. The van der Waals surface area contributed by atoms with Crippen molar-refractivity contribution in [2.45, 2.75) is 77.0 Å². The monoisotopic (exact) mass is 379 g/mol. The van der Waals surface area contributed by atoms with E-state index in [1.165, 1.54) is 6.92 Å². The average Bonchev–Trinajstić information content (AvgIpc) is 2.60. The summed E-state index contributed by atoms with van der Waals surface area (Å²) in [5.74, 6) is -0.673. The van der Waals surface area contributed by atoms with Gasteiger partial charge >= 0.3 is 0 Å². The molecule has 0 aromatic carbocycles. The molecule has 9 nitrogen and oxygen atoms in total. The summed E-state index contributed by atoms with van der Waals surface area (Å²) in [7, 11) is 0. The first-order valence-electron chi connectivity index (χ1n) is 8.98. The molecular weight excluding hydrogens is 346 g/mol. The van der Waals surface area contributed by atoms with Crippen LogP contribution in [0.15, 0.2) is 0 Å². The molecule has 0 bridgehead atoms. The van der Waals surface area contributed by atoms with Crippen molar-refractivity contribution < 1.29 is 39.4 Å². The molecule has 0 aromatic heterocycles. The summed E-state index contributed by atoms with van der Waals surface area (Å²) in [6.07, 6.45) is -4.13. The maximum atomic E-state index is 11.5. The van der Waals surface area contributed by atoms with Crippen molar-refractivity contribution >= 4 is 5.91 Å². The Balaban J connectivity index is 2.76. The summed E-state index contributed by atoms with van der Waals surface area (Å²) >= 11 is 0. The maximum absolute atomic E-state index is 11.5. The van der Waals surface area contributed by atoms with E-state index in [4.69, 9.17) is 19.3 Å². The predicted molar refractivity (Wildman–Crippen MR) is 92.2 cm³/mol. The first kappa shape index (κ1) is 23.2. The van der Waals surface area contributed by atoms with E-state index in [9.17, 15) is 20.1 Å². The van der Waals surface area contributed by atoms with E-state index >= 15 is 0 Å². The highest BCUT2D eigenvalue weighted by Gasteiger charge is 2.39. The normalized spacial score (nSPS) is 31.1. The number of amides is 1. The van der Waals surface area contributed by atoms with E-state index < -0.39 is 42.9 Å². The molecule has 1 saturated heterocycles. The van der Waals surface area contributed by atoms with Crippen LogP contribution in [0, 0.1) is 5.92 Å². The molecular formula is C17H33NO8. The van der Waals surface area contributed by atoms with E-state index in [1.54, 1.807) is 20.8 Å².